The molecule has 0 atom stereocenters. The molecule has 0 aliphatic carbocycles. The van der Waals surface area contributed by atoms with Gasteiger partial charge < -0.3 is 0 Å². The zero-order chi connectivity index (χ0) is 15.7. The average molecular weight is 647 g/mol. The fraction of sp³-hybridized carbons (Fsp3) is 0.0625. The first kappa shape index (κ1) is 16.9. The van der Waals surface area contributed by atoms with Crippen LogP contribution in [0.4, 0.5) is 0 Å². The Hall–Kier alpha value is 0.109. The fourth-order valence-corrected chi connectivity index (χ4v) is 11.1. The van der Waals surface area contributed by atoms with Crippen molar-refractivity contribution in [3.63, 3.8) is 0 Å². The van der Waals surface area contributed by atoms with Gasteiger partial charge in [0.2, 0.25) is 0 Å². The molecule has 1 aliphatic rings. The first-order chi connectivity index (χ1) is 10.5. The van der Waals surface area contributed by atoms with E-state index in [0.29, 0.717) is 0 Å². The second-order valence-electron chi connectivity index (χ2n) is 4.64. The van der Waals surface area contributed by atoms with E-state index in [4.69, 9.17) is 9.73 Å². The van der Waals surface area contributed by atoms with Gasteiger partial charge in [0, 0.05) is 0 Å². The first-order valence-corrected chi connectivity index (χ1v) is 19.5. The van der Waals surface area contributed by atoms with E-state index in [-0.39, 0.29) is 0 Å². The molecule has 1 aliphatic heterocycles. The van der Waals surface area contributed by atoms with Crippen LogP contribution in [0.15, 0.2) is 63.0 Å². The number of aliphatic imine (C=N–C) groups is 1. The van der Waals surface area contributed by atoms with Gasteiger partial charge in [0.25, 0.3) is 0 Å². The van der Waals surface area contributed by atoms with E-state index < -0.39 is 6.35 Å². The molecule has 1 heterocycles. The Morgan fingerprint density at radius 3 is 2.41 bits per heavy atom. The third-order valence-electron chi connectivity index (χ3n) is 3.22. The first-order valence-electron chi connectivity index (χ1n) is 6.43. The van der Waals surface area contributed by atoms with Crippen LogP contribution >= 0.6 is 56.6 Å². The molecule has 0 spiro atoms. The molecule has 0 saturated heterocycles. The summed E-state index contributed by atoms with van der Waals surface area (Å²) in [6, 6.07) is 16.4. The van der Waals surface area contributed by atoms with Crippen molar-refractivity contribution >= 4 is 73.3 Å². The SMILES string of the molecule is COc1ccccc1C1=NC(c2ccc(Br)cc2)=C[Se]1(I)I. The molecule has 0 radical (unpaired) electrons. The number of benzene rings is 2. The van der Waals surface area contributed by atoms with Gasteiger partial charge in [0.15, 0.2) is 0 Å². The molecule has 0 amide bonds. The van der Waals surface area contributed by atoms with Crippen LogP contribution < -0.4 is 4.74 Å². The molecule has 2 aromatic rings. The molecule has 3 rings (SSSR count). The standard InChI is InChI=1S/C16H12BrI2NOSe/c1-21-15-5-3-2-4-13(15)16-20-14(10-22(16,18)19)11-6-8-12(17)9-7-11/h2-10H,1H3. The average Bonchev–Trinajstić information content (AvgIpc) is 2.83. The van der Waals surface area contributed by atoms with Gasteiger partial charge in [-0.2, -0.15) is 0 Å². The number of rotatable bonds is 3. The van der Waals surface area contributed by atoms with Gasteiger partial charge in [-0.05, 0) is 0 Å². The summed E-state index contributed by atoms with van der Waals surface area (Å²) >= 11 is 8.65. The van der Waals surface area contributed by atoms with Crippen molar-refractivity contribution in [3.8, 4) is 5.75 Å². The summed E-state index contributed by atoms with van der Waals surface area (Å²) in [6.07, 6.45) is -1.98. The van der Waals surface area contributed by atoms with Crippen LogP contribution in [0.25, 0.3) is 5.70 Å². The van der Waals surface area contributed by atoms with Crippen molar-refractivity contribution in [2.24, 2.45) is 4.99 Å². The van der Waals surface area contributed by atoms with Crippen molar-refractivity contribution in [1.82, 2.24) is 0 Å². The number of hydrogen-bond acceptors (Lipinski definition) is 2. The summed E-state index contributed by atoms with van der Waals surface area (Å²) in [7, 11) is 1.71. The molecule has 0 unspecified atom stereocenters. The maximum absolute atomic E-state index is 5.52. The molecule has 0 saturated carbocycles. The van der Waals surface area contributed by atoms with E-state index in [0.717, 1.165) is 27.0 Å². The molecule has 0 bridgehead atoms. The minimum absolute atomic E-state index is 0.890. The van der Waals surface area contributed by atoms with Gasteiger partial charge in [-0.1, -0.05) is 0 Å². The molecule has 6 heteroatoms. The van der Waals surface area contributed by atoms with Crippen LogP contribution in [0.3, 0.4) is 0 Å². The Kier molecular flexibility index (Phi) is 5.34. The number of hydrogen-bond donors (Lipinski definition) is 0. The predicted molar refractivity (Wildman–Crippen MR) is 115 cm³/mol. The third kappa shape index (κ3) is 3.45. The Balaban J connectivity index is 2.06. The third-order valence-corrected chi connectivity index (χ3v) is 13.5. The van der Waals surface area contributed by atoms with Gasteiger partial charge in [-0.3, -0.25) is 0 Å². The van der Waals surface area contributed by atoms with Crippen molar-refractivity contribution < 1.29 is 4.74 Å². The van der Waals surface area contributed by atoms with Gasteiger partial charge in [0.05, 0.1) is 0 Å². The van der Waals surface area contributed by atoms with Crippen molar-refractivity contribution in [2.75, 3.05) is 7.11 Å². The predicted octanol–water partition coefficient (Wildman–Crippen LogP) is 5.69. The summed E-state index contributed by atoms with van der Waals surface area (Å²) in [4.78, 5) is 7.31. The molecular formula is C16H12BrI2NOSe. The molecule has 22 heavy (non-hydrogen) atoms. The molecule has 2 aromatic carbocycles. The van der Waals surface area contributed by atoms with Gasteiger partial charge in [-0.25, -0.2) is 0 Å². The summed E-state index contributed by atoms with van der Waals surface area (Å²) < 4.78 is 7.77. The second kappa shape index (κ2) is 6.93. The summed E-state index contributed by atoms with van der Waals surface area (Å²) in [6.45, 7) is 0. The van der Waals surface area contributed by atoms with Crippen molar-refractivity contribution in [2.45, 2.75) is 0 Å². The molecule has 0 aromatic heterocycles. The Labute approximate surface area is 163 Å². The van der Waals surface area contributed by atoms with Crippen LogP contribution in [-0.4, -0.2) is 18.1 Å². The number of nitrogens with zero attached hydrogens (tertiary/aromatic N) is 1. The van der Waals surface area contributed by atoms with Gasteiger partial charge in [-0.15, -0.1) is 0 Å². The molecule has 0 fully saturated rings. The quantitative estimate of drug-likeness (QED) is 0.310. The second-order valence-corrected chi connectivity index (χ2v) is 32.2. The fourth-order valence-electron chi connectivity index (χ4n) is 2.17. The topological polar surface area (TPSA) is 21.6 Å². The van der Waals surface area contributed by atoms with Crippen LogP contribution in [0.2, 0.25) is 0 Å². The molecule has 0 N–H and O–H groups in total. The molecule has 2 nitrogen and oxygen atoms in total. The zero-order valence-corrected chi connectivity index (χ0v) is 19.2. The number of methoxy groups -OCH3 is 1. The monoisotopic (exact) mass is 647 g/mol. The Morgan fingerprint density at radius 2 is 1.73 bits per heavy atom. The van der Waals surface area contributed by atoms with Crippen LogP contribution in [0, 0.1) is 0 Å². The Morgan fingerprint density at radius 1 is 1.05 bits per heavy atom. The van der Waals surface area contributed by atoms with E-state index >= 15 is 0 Å². The van der Waals surface area contributed by atoms with Gasteiger partial charge in [0.1, 0.15) is 0 Å². The summed E-state index contributed by atoms with van der Waals surface area (Å²) in [5, 5.41) is 0. The van der Waals surface area contributed by atoms with Crippen LogP contribution in [0.5, 0.6) is 5.75 Å². The number of halogens is 3. The maximum atomic E-state index is 5.52. The van der Waals surface area contributed by atoms with E-state index in [9.17, 15) is 0 Å². The summed E-state index contributed by atoms with van der Waals surface area (Å²) in [5.74, 6) is 0.890. The van der Waals surface area contributed by atoms with Crippen LogP contribution in [0.1, 0.15) is 11.1 Å². The van der Waals surface area contributed by atoms with Crippen molar-refractivity contribution in [1.29, 1.82) is 0 Å². The normalized spacial score (nSPS) is 17.6. The number of para-hydroxylation sites is 1. The molecular weight excluding hydrogens is 635 g/mol. The van der Waals surface area contributed by atoms with Crippen molar-refractivity contribution in [3.05, 3.63) is 69.1 Å². The van der Waals surface area contributed by atoms with Gasteiger partial charge >= 0.3 is 165 Å². The van der Waals surface area contributed by atoms with E-state index in [1.54, 1.807) is 7.11 Å². The summed E-state index contributed by atoms with van der Waals surface area (Å²) in [5.41, 5.74) is 3.33. The Bertz CT molecular complexity index is 772. The molecule has 114 valence electrons. The van der Waals surface area contributed by atoms with E-state index in [1.165, 1.54) is 4.61 Å². The van der Waals surface area contributed by atoms with E-state index in [1.807, 2.05) is 18.2 Å². The van der Waals surface area contributed by atoms with E-state index in [2.05, 4.69) is 91.9 Å². The number of ether oxygens (including phenoxy) is 1. The van der Waals surface area contributed by atoms with Crippen LogP contribution in [-0.2, 0) is 0 Å². The zero-order valence-electron chi connectivity index (χ0n) is 11.6. The minimum atomic E-state index is -1.98.